The average Bonchev–Trinajstić information content (AvgIpc) is 2.73. The van der Waals surface area contributed by atoms with Crippen LogP contribution in [0, 0.1) is 16.7 Å². The zero-order chi connectivity index (χ0) is 13.7. The number of hydrogen-bond donors (Lipinski definition) is 0. The summed E-state index contributed by atoms with van der Waals surface area (Å²) in [4.78, 5) is 12.4. The Bertz CT molecular complexity index is 493. The Morgan fingerprint density at radius 3 is 2.42 bits per heavy atom. The highest BCUT2D eigenvalue weighted by atomic mass is 32.2. The Balaban J connectivity index is 1.78. The van der Waals surface area contributed by atoms with Crippen molar-refractivity contribution in [2.24, 2.45) is 16.7 Å². The highest BCUT2D eigenvalue weighted by molar-refractivity contribution is 8.14. The molecule has 1 unspecified atom stereocenters. The first-order valence-electron chi connectivity index (χ1n) is 7.21. The van der Waals surface area contributed by atoms with E-state index in [1.54, 1.807) is 11.8 Å². The minimum Gasteiger partial charge on any atom is -0.282 e. The second-order valence-electron chi connectivity index (χ2n) is 6.87. The Morgan fingerprint density at radius 1 is 1.21 bits per heavy atom. The topological polar surface area (TPSA) is 17.1 Å². The third kappa shape index (κ3) is 1.87. The third-order valence-electron chi connectivity index (χ3n) is 5.97. The van der Waals surface area contributed by atoms with Gasteiger partial charge < -0.3 is 0 Å². The van der Waals surface area contributed by atoms with E-state index in [1.807, 2.05) is 30.3 Å². The van der Waals surface area contributed by atoms with Gasteiger partial charge in [-0.3, -0.25) is 4.79 Å². The van der Waals surface area contributed by atoms with Crippen molar-refractivity contribution in [1.29, 1.82) is 0 Å². The van der Waals surface area contributed by atoms with Crippen LogP contribution in [0.15, 0.2) is 30.3 Å². The summed E-state index contributed by atoms with van der Waals surface area (Å²) in [6.07, 6.45) is 3.84. The van der Waals surface area contributed by atoms with Crippen molar-refractivity contribution < 1.29 is 4.79 Å². The molecule has 0 saturated heterocycles. The van der Waals surface area contributed by atoms with Crippen LogP contribution in [0.3, 0.4) is 0 Å². The lowest BCUT2D eigenvalue weighted by atomic mass is 9.71. The minimum absolute atomic E-state index is 0.246. The highest BCUT2D eigenvalue weighted by Gasteiger charge is 2.61. The van der Waals surface area contributed by atoms with Crippen molar-refractivity contribution in [1.82, 2.24) is 0 Å². The van der Waals surface area contributed by atoms with Gasteiger partial charge in [-0.15, -0.1) is 0 Å². The van der Waals surface area contributed by atoms with E-state index in [-0.39, 0.29) is 5.12 Å². The Hall–Kier alpha value is -0.760. The molecule has 0 spiro atoms. The Kier molecular flexibility index (Phi) is 3.05. The molecule has 2 heteroatoms. The molecule has 0 amide bonds. The molecule has 0 aromatic heterocycles. The fraction of sp³-hybridized carbons (Fsp3) is 0.588. The van der Waals surface area contributed by atoms with Crippen LogP contribution in [-0.4, -0.2) is 10.4 Å². The Labute approximate surface area is 120 Å². The van der Waals surface area contributed by atoms with Crippen molar-refractivity contribution in [2.75, 3.05) is 0 Å². The molecule has 102 valence electrons. The summed E-state index contributed by atoms with van der Waals surface area (Å²) >= 11 is 1.59. The van der Waals surface area contributed by atoms with Crippen LogP contribution in [-0.2, 0) is 0 Å². The molecular weight excluding hydrogens is 252 g/mol. The van der Waals surface area contributed by atoms with Crippen LogP contribution in [0.5, 0.6) is 0 Å². The summed E-state index contributed by atoms with van der Waals surface area (Å²) in [6, 6.07) is 9.70. The standard InChI is InChI=1S/C17H22OS/c1-16(2)13-9-10-17(16,3)14(11-13)19-15(18)12-7-5-4-6-8-12/h4-8,13-14H,9-11H2,1-3H3/t13-,14?,17+/m0/s1. The zero-order valence-corrected chi connectivity index (χ0v) is 12.8. The first kappa shape index (κ1) is 13.2. The summed E-state index contributed by atoms with van der Waals surface area (Å²) in [5.41, 5.74) is 1.56. The molecule has 1 aromatic rings. The highest BCUT2D eigenvalue weighted by Crippen LogP contribution is 2.68. The maximum Gasteiger partial charge on any atom is 0.219 e. The van der Waals surface area contributed by atoms with E-state index in [1.165, 1.54) is 19.3 Å². The predicted molar refractivity (Wildman–Crippen MR) is 81.4 cm³/mol. The smallest absolute Gasteiger partial charge is 0.219 e. The Morgan fingerprint density at radius 2 is 1.89 bits per heavy atom. The monoisotopic (exact) mass is 274 g/mol. The lowest BCUT2D eigenvalue weighted by molar-refractivity contribution is 0.108. The van der Waals surface area contributed by atoms with Crippen molar-refractivity contribution >= 4 is 16.9 Å². The molecule has 2 fully saturated rings. The van der Waals surface area contributed by atoms with Gasteiger partial charge in [0.2, 0.25) is 5.12 Å². The molecule has 2 aliphatic rings. The molecule has 0 heterocycles. The van der Waals surface area contributed by atoms with Gasteiger partial charge in [0.05, 0.1) is 0 Å². The predicted octanol–water partition coefficient (Wildman–Crippen LogP) is 4.77. The molecule has 2 aliphatic carbocycles. The van der Waals surface area contributed by atoms with Gasteiger partial charge in [0.15, 0.2) is 0 Å². The molecule has 0 radical (unpaired) electrons. The van der Waals surface area contributed by atoms with Crippen LogP contribution >= 0.6 is 11.8 Å². The summed E-state index contributed by atoms with van der Waals surface area (Å²) in [5.74, 6) is 0.804. The SMILES string of the molecule is CC1(C)[C@H]2CC[C@]1(C)C(SC(=O)c1ccccc1)C2. The minimum atomic E-state index is 0.246. The molecule has 1 aromatic carbocycles. The molecule has 2 bridgehead atoms. The molecule has 1 nitrogen and oxygen atoms in total. The number of fused-ring (bicyclic) bond motifs is 2. The normalized spacial score (nSPS) is 35.5. The number of rotatable bonds is 2. The maximum atomic E-state index is 12.4. The lowest BCUT2D eigenvalue weighted by Gasteiger charge is -2.38. The molecular formula is C17H22OS. The number of carbonyl (C=O) groups is 1. The van der Waals surface area contributed by atoms with E-state index in [9.17, 15) is 4.79 Å². The van der Waals surface area contributed by atoms with Crippen LogP contribution in [0.4, 0.5) is 0 Å². The van der Waals surface area contributed by atoms with Gasteiger partial charge in [0.25, 0.3) is 0 Å². The summed E-state index contributed by atoms with van der Waals surface area (Å²) in [7, 11) is 0. The molecule has 3 rings (SSSR count). The van der Waals surface area contributed by atoms with Crippen molar-refractivity contribution in [3.63, 3.8) is 0 Å². The van der Waals surface area contributed by atoms with E-state index in [0.29, 0.717) is 16.1 Å². The van der Waals surface area contributed by atoms with Gasteiger partial charge in [-0.05, 0) is 36.0 Å². The van der Waals surface area contributed by atoms with E-state index < -0.39 is 0 Å². The molecule has 19 heavy (non-hydrogen) atoms. The van der Waals surface area contributed by atoms with Gasteiger partial charge >= 0.3 is 0 Å². The van der Waals surface area contributed by atoms with Crippen molar-refractivity contribution in [3.8, 4) is 0 Å². The second-order valence-corrected chi connectivity index (χ2v) is 8.05. The van der Waals surface area contributed by atoms with Gasteiger partial charge in [-0.25, -0.2) is 0 Å². The van der Waals surface area contributed by atoms with Gasteiger partial charge in [0, 0.05) is 10.8 Å². The number of thioether (sulfide) groups is 1. The van der Waals surface area contributed by atoms with Crippen molar-refractivity contribution in [3.05, 3.63) is 35.9 Å². The molecule has 0 aliphatic heterocycles. The number of carbonyl (C=O) groups excluding carboxylic acids is 1. The largest absolute Gasteiger partial charge is 0.282 e. The fourth-order valence-electron chi connectivity index (χ4n) is 4.08. The quantitative estimate of drug-likeness (QED) is 0.772. The average molecular weight is 274 g/mol. The maximum absolute atomic E-state index is 12.4. The van der Waals surface area contributed by atoms with Crippen LogP contribution < -0.4 is 0 Å². The van der Waals surface area contributed by atoms with E-state index in [4.69, 9.17) is 0 Å². The first-order valence-corrected chi connectivity index (χ1v) is 8.09. The number of benzene rings is 1. The first-order chi connectivity index (χ1) is 8.95. The molecule has 3 atom stereocenters. The van der Waals surface area contributed by atoms with Crippen LogP contribution in [0.2, 0.25) is 0 Å². The third-order valence-corrected chi connectivity index (χ3v) is 7.42. The van der Waals surface area contributed by atoms with Crippen LogP contribution in [0.1, 0.15) is 50.4 Å². The van der Waals surface area contributed by atoms with Gasteiger partial charge in [-0.2, -0.15) is 0 Å². The summed E-state index contributed by atoms with van der Waals surface area (Å²) < 4.78 is 0. The van der Waals surface area contributed by atoms with E-state index >= 15 is 0 Å². The van der Waals surface area contributed by atoms with Crippen molar-refractivity contribution in [2.45, 2.75) is 45.3 Å². The zero-order valence-electron chi connectivity index (χ0n) is 12.0. The lowest BCUT2D eigenvalue weighted by Crippen LogP contribution is -2.34. The number of hydrogen-bond acceptors (Lipinski definition) is 2. The summed E-state index contributed by atoms with van der Waals surface area (Å²) in [6.45, 7) is 7.20. The second kappa shape index (κ2) is 4.37. The summed E-state index contributed by atoms with van der Waals surface area (Å²) in [5, 5.41) is 0.740. The van der Waals surface area contributed by atoms with Crippen LogP contribution in [0.25, 0.3) is 0 Å². The van der Waals surface area contributed by atoms with E-state index in [2.05, 4.69) is 20.8 Å². The molecule has 2 saturated carbocycles. The van der Waals surface area contributed by atoms with E-state index in [0.717, 1.165) is 11.5 Å². The van der Waals surface area contributed by atoms with Gasteiger partial charge in [0.1, 0.15) is 0 Å². The fourth-order valence-corrected chi connectivity index (χ4v) is 5.62. The molecule has 0 N–H and O–H groups in total. The van der Waals surface area contributed by atoms with Gasteiger partial charge in [-0.1, -0.05) is 62.9 Å².